The van der Waals surface area contributed by atoms with Crippen molar-refractivity contribution in [1.29, 1.82) is 5.26 Å². The molecule has 10 heteroatoms. The highest BCUT2D eigenvalue weighted by atomic mass is 35.5. The molecule has 2 aromatic carbocycles. The van der Waals surface area contributed by atoms with Gasteiger partial charge in [0.2, 0.25) is 5.88 Å². The summed E-state index contributed by atoms with van der Waals surface area (Å²) < 4.78 is 18.7. The van der Waals surface area contributed by atoms with E-state index < -0.39 is 11.7 Å². The van der Waals surface area contributed by atoms with Crippen LogP contribution < -0.4 is 9.64 Å². The molecule has 2 aromatic heterocycles. The van der Waals surface area contributed by atoms with Gasteiger partial charge < -0.3 is 19.4 Å². The van der Waals surface area contributed by atoms with Gasteiger partial charge in [-0.15, -0.1) is 0 Å². The van der Waals surface area contributed by atoms with Crippen LogP contribution in [0.4, 0.5) is 10.1 Å². The number of nitriles is 1. The Kier molecular flexibility index (Phi) is 10.9. The van der Waals surface area contributed by atoms with Crippen LogP contribution in [0.15, 0.2) is 67.1 Å². The highest BCUT2D eigenvalue weighted by molar-refractivity contribution is 6.36. The van der Waals surface area contributed by atoms with E-state index in [1.165, 1.54) is 37.8 Å². The van der Waals surface area contributed by atoms with Gasteiger partial charge in [0, 0.05) is 61.3 Å². The molecule has 0 atom stereocenters. The topological polar surface area (TPSA) is 85.6 Å². The van der Waals surface area contributed by atoms with Crippen LogP contribution in [-0.2, 0) is 4.79 Å². The van der Waals surface area contributed by atoms with Crippen LogP contribution in [0.2, 0.25) is 5.02 Å². The van der Waals surface area contributed by atoms with Crippen LogP contribution in [0.1, 0.15) is 19.8 Å². The average Bonchev–Trinajstić information content (AvgIpc) is 3.51. The van der Waals surface area contributed by atoms with Gasteiger partial charge in [-0.25, -0.2) is 9.37 Å². The Hall–Kier alpha value is -4.26. The molecule has 0 bridgehead atoms. The third-order valence-electron chi connectivity index (χ3n) is 7.44. The van der Waals surface area contributed by atoms with Gasteiger partial charge in [0.1, 0.15) is 5.52 Å². The van der Waals surface area contributed by atoms with Crippen LogP contribution in [0.5, 0.6) is 5.88 Å². The molecular formula is C33H36ClFN6O2. The van der Waals surface area contributed by atoms with Crippen molar-refractivity contribution in [2.75, 3.05) is 58.3 Å². The number of fused-ring (bicyclic) bond motifs is 2. The first-order valence-corrected chi connectivity index (χ1v) is 14.6. The molecule has 4 aromatic rings. The van der Waals surface area contributed by atoms with E-state index in [2.05, 4.69) is 28.4 Å². The zero-order chi connectivity index (χ0) is 30.9. The van der Waals surface area contributed by atoms with Gasteiger partial charge in [-0.05, 0) is 56.1 Å². The van der Waals surface area contributed by atoms with Crippen molar-refractivity contribution in [2.45, 2.75) is 19.8 Å². The molecule has 2 aliphatic rings. The number of likely N-dealkylation sites (tertiary alicyclic amines) is 1. The van der Waals surface area contributed by atoms with Crippen molar-refractivity contribution < 1.29 is 13.9 Å². The maximum Gasteiger partial charge on any atom is 0.282 e. The number of halogens is 2. The number of piperazine rings is 1. The molecule has 0 aliphatic carbocycles. The number of carbonyl (C=O) groups is 1. The van der Waals surface area contributed by atoms with E-state index in [4.69, 9.17) is 26.6 Å². The Morgan fingerprint density at radius 1 is 1.07 bits per heavy atom. The lowest BCUT2D eigenvalue weighted by Gasteiger charge is -2.36. The number of aromatic nitrogens is 2. The monoisotopic (exact) mass is 602 g/mol. The maximum atomic E-state index is 13.3. The predicted octanol–water partition coefficient (Wildman–Crippen LogP) is 6.49. The molecule has 0 N–H and O–H groups in total. The van der Waals surface area contributed by atoms with Gasteiger partial charge in [0.15, 0.2) is 5.83 Å². The first-order valence-electron chi connectivity index (χ1n) is 14.2. The smallest absolute Gasteiger partial charge is 0.282 e. The van der Waals surface area contributed by atoms with Gasteiger partial charge in [-0.3, -0.25) is 9.78 Å². The molecular weight excluding hydrogens is 567 g/mol. The quantitative estimate of drug-likeness (QED) is 0.247. The van der Waals surface area contributed by atoms with Gasteiger partial charge in [0.25, 0.3) is 5.91 Å². The number of methoxy groups -OCH3 is 1. The Bertz CT molecular complexity index is 1640. The van der Waals surface area contributed by atoms with E-state index in [0.29, 0.717) is 42.6 Å². The summed E-state index contributed by atoms with van der Waals surface area (Å²) in [5, 5.41) is 10.0. The summed E-state index contributed by atoms with van der Waals surface area (Å²) in [5.74, 6) is -1.13. The first kappa shape index (κ1) is 31.7. The number of nitrogens with zero attached hydrogens (tertiary/aromatic N) is 6. The normalized spacial score (nSPS) is 14.8. The third-order valence-corrected chi connectivity index (χ3v) is 7.76. The third kappa shape index (κ3) is 7.58. The summed E-state index contributed by atoms with van der Waals surface area (Å²) in [5.41, 5.74) is 4.14. The van der Waals surface area contributed by atoms with Gasteiger partial charge in [0.05, 0.1) is 24.4 Å². The molecule has 2 fully saturated rings. The second-order valence-electron chi connectivity index (χ2n) is 10.3. The van der Waals surface area contributed by atoms with E-state index >= 15 is 0 Å². The van der Waals surface area contributed by atoms with Crippen LogP contribution in [0.3, 0.4) is 0 Å². The van der Waals surface area contributed by atoms with Crippen LogP contribution in [-0.4, -0.2) is 79.1 Å². The summed E-state index contributed by atoms with van der Waals surface area (Å²) in [6, 6.07) is 17.5. The van der Waals surface area contributed by atoms with Crippen LogP contribution >= 0.6 is 11.6 Å². The summed E-state index contributed by atoms with van der Waals surface area (Å²) in [6.45, 7) is 9.02. The SMILES string of the molecule is C=C(F)C(=O)N1CCN(c2cc(OC)nc3cc(-c4cccc5cccc(Cl)c45)cnc23)CC1.CC#N.CN1CCCC1. The van der Waals surface area contributed by atoms with Gasteiger partial charge in [-0.2, -0.15) is 5.26 Å². The molecule has 0 saturated carbocycles. The minimum atomic E-state index is -0.938. The van der Waals surface area contributed by atoms with Gasteiger partial charge in [-0.1, -0.05) is 48.5 Å². The number of carbonyl (C=O) groups excluding carboxylic acids is 1. The van der Waals surface area contributed by atoms with Crippen molar-refractivity contribution in [3.05, 3.63) is 72.2 Å². The predicted molar refractivity (Wildman–Crippen MR) is 171 cm³/mol. The molecule has 0 unspecified atom stereocenters. The number of hydrogen-bond acceptors (Lipinski definition) is 7. The van der Waals surface area contributed by atoms with Crippen LogP contribution in [0, 0.1) is 11.3 Å². The molecule has 0 spiro atoms. The minimum absolute atomic E-state index is 0.389. The lowest BCUT2D eigenvalue weighted by molar-refractivity contribution is -0.128. The fraction of sp³-hybridized carbons (Fsp3) is 0.333. The molecule has 1 amide bonds. The number of rotatable bonds is 4. The van der Waals surface area contributed by atoms with E-state index in [-0.39, 0.29) is 0 Å². The highest BCUT2D eigenvalue weighted by Gasteiger charge is 2.25. The molecule has 2 saturated heterocycles. The Morgan fingerprint density at radius 3 is 2.30 bits per heavy atom. The minimum Gasteiger partial charge on any atom is -0.481 e. The van der Waals surface area contributed by atoms with E-state index in [1.807, 2.05) is 54.7 Å². The zero-order valence-corrected chi connectivity index (χ0v) is 25.6. The molecule has 8 nitrogen and oxygen atoms in total. The van der Waals surface area contributed by atoms with E-state index in [9.17, 15) is 9.18 Å². The number of anilines is 1. The van der Waals surface area contributed by atoms with Crippen molar-refractivity contribution in [3.63, 3.8) is 0 Å². The molecule has 6 rings (SSSR count). The molecule has 43 heavy (non-hydrogen) atoms. The lowest BCUT2D eigenvalue weighted by Crippen LogP contribution is -2.49. The lowest BCUT2D eigenvalue weighted by atomic mass is 9.99. The molecule has 2 aliphatic heterocycles. The summed E-state index contributed by atoms with van der Waals surface area (Å²) in [4.78, 5) is 27.3. The number of benzene rings is 2. The van der Waals surface area contributed by atoms with Crippen molar-refractivity contribution in [3.8, 4) is 23.1 Å². The van der Waals surface area contributed by atoms with Crippen molar-refractivity contribution in [2.24, 2.45) is 0 Å². The fourth-order valence-electron chi connectivity index (χ4n) is 5.30. The number of amides is 1. The Balaban J connectivity index is 0.000000408. The molecule has 0 radical (unpaired) electrons. The summed E-state index contributed by atoms with van der Waals surface area (Å²) in [7, 11) is 3.75. The van der Waals surface area contributed by atoms with E-state index in [1.54, 1.807) is 13.2 Å². The number of pyridine rings is 2. The average molecular weight is 603 g/mol. The summed E-state index contributed by atoms with van der Waals surface area (Å²) in [6.07, 6.45) is 4.65. The maximum absolute atomic E-state index is 13.3. The first-order chi connectivity index (χ1) is 20.8. The van der Waals surface area contributed by atoms with E-state index in [0.717, 1.165) is 33.1 Å². The standard InChI is InChI=1S/C26H22ClFN4O2.C5H11N.C2H3N/c1-16(28)26(33)32-11-9-31(10-12-32)22-14-23(34-2)30-21-13-18(15-29-25(21)22)19-7-3-5-17-6-4-8-20(27)24(17)19;1-6-4-2-3-5-6;1-2-3/h3-8,13-15H,1,9-12H2,2H3;2-5H2,1H3;1H3. The van der Waals surface area contributed by atoms with Gasteiger partial charge >= 0.3 is 0 Å². The molecule has 4 heterocycles. The van der Waals surface area contributed by atoms with Crippen molar-refractivity contribution >= 4 is 45.0 Å². The zero-order valence-electron chi connectivity index (χ0n) is 24.8. The second-order valence-corrected chi connectivity index (χ2v) is 10.7. The van der Waals surface area contributed by atoms with Crippen LogP contribution in [0.25, 0.3) is 32.9 Å². The largest absolute Gasteiger partial charge is 0.481 e. The summed E-state index contributed by atoms with van der Waals surface area (Å²) >= 11 is 6.54. The number of hydrogen-bond donors (Lipinski definition) is 0. The Labute approximate surface area is 256 Å². The fourth-order valence-corrected chi connectivity index (χ4v) is 5.58. The Morgan fingerprint density at radius 2 is 1.72 bits per heavy atom. The highest BCUT2D eigenvalue weighted by Crippen LogP contribution is 2.36. The molecule has 224 valence electrons. The van der Waals surface area contributed by atoms with Crippen molar-refractivity contribution in [1.82, 2.24) is 19.8 Å². The second kappa shape index (κ2) is 14.8. The number of ether oxygens (including phenoxy) is 1.